The molecule has 0 aromatic carbocycles. The van der Waals surface area contributed by atoms with Crippen molar-refractivity contribution in [2.45, 2.75) is 225 Å². The van der Waals surface area contributed by atoms with Gasteiger partial charge >= 0.3 is 11.9 Å². The molecule has 0 aliphatic carbocycles. The van der Waals surface area contributed by atoms with Crippen LogP contribution in [0.4, 0.5) is 0 Å². The molecular formula is C42H78O6. The van der Waals surface area contributed by atoms with Crippen LogP contribution in [0.5, 0.6) is 0 Å². The molecule has 0 aromatic rings. The summed E-state index contributed by atoms with van der Waals surface area (Å²) in [5.41, 5.74) is 0. The lowest BCUT2D eigenvalue weighted by molar-refractivity contribution is -0.161. The highest BCUT2D eigenvalue weighted by Gasteiger charge is 2.36. The van der Waals surface area contributed by atoms with E-state index in [4.69, 9.17) is 14.2 Å². The fraction of sp³-hybridized carbons (Fsp3) is 0.905. The van der Waals surface area contributed by atoms with Gasteiger partial charge in [-0.05, 0) is 44.4 Å². The zero-order valence-corrected chi connectivity index (χ0v) is 31.9. The lowest BCUT2D eigenvalue weighted by Crippen LogP contribution is -2.28. The Labute approximate surface area is 296 Å². The van der Waals surface area contributed by atoms with Gasteiger partial charge in [-0.25, -0.2) is 0 Å². The van der Waals surface area contributed by atoms with Gasteiger partial charge in [0, 0.05) is 12.8 Å². The summed E-state index contributed by atoms with van der Waals surface area (Å²) in [6.07, 6.45) is 38.7. The van der Waals surface area contributed by atoms with Crippen LogP contribution in [-0.2, 0) is 23.8 Å². The van der Waals surface area contributed by atoms with E-state index in [0.29, 0.717) is 25.0 Å². The molecule has 1 heterocycles. The Morgan fingerprint density at radius 1 is 0.667 bits per heavy atom. The number of hydrogen-bond acceptors (Lipinski definition) is 6. The molecule has 6 nitrogen and oxygen atoms in total. The molecule has 282 valence electrons. The Morgan fingerprint density at radius 3 is 1.77 bits per heavy atom. The molecule has 1 N–H and O–H groups in total. The molecule has 1 aliphatic heterocycles. The summed E-state index contributed by atoms with van der Waals surface area (Å²) in [5, 5.41) is 9.57. The molecule has 1 rings (SSSR count). The van der Waals surface area contributed by atoms with Crippen molar-refractivity contribution in [1.29, 1.82) is 0 Å². The van der Waals surface area contributed by atoms with E-state index in [-0.39, 0.29) is 25.2 Å². The second-order valence-corrected chi connectivity index (χ2v) is 14.7. The van der Waals surface area contributed by atoms with Crippen LogP contribution < -0.4 is 0 Å². The van der Waals surface area contributed by atoms with Crippen LogP contribution in [0, 0.1) is 5.92 Å². The second-order valence-electron chi connectivity index (χ2n) is 14.7. The van der Waals surface area contributed by atoms with Gasteiger partial charge < -0.3 is 19.3 Å². The largest absolute Gasteiger partial charge is 0.462 e. The predicted molar refractivity (Wildman–Crippen MR) is 200 cm³/mol. The lowest BCUT2D eigenvalue weighted by Gasteiger charge is -2.15. The van der Waals surface area contributed by atoms with Gasteiger partial charge in [-0.3, -0.25) is 9.59 Å². The topological polar surface area (TPSA) is 85.4 Å². The van der Waals surface area contributed by atoms with Gasteiger partial charge in [0.1, 0.15) is 6.61 Å². The molecule has 6 heteroatoms. The number of epoxide rings is 1. The molecule has 1 aliphatic rings. The second kappa shape index (κ2) is 32.8. The maximum absolute atomic E-state index is 12.2. The Bertz CT molecular complexity index is 767. The smallest absolute Gasteiger partial charge is 0.306 e. The number of ether oxygens (including phenoxy) is 3. The van der Waals surface area contributed by atoms with Crippen molar-refractivity contribution < 1.29 is 28.9 Å². The summed E-state index contributed by atoms with van der Waals surface area (Å²) in [6, 6.07) is 0. The number of rotatable bonds is 36. The first-order valence-corrected chi connectivity index (χ1v) is 20.8. The highest BCUT2D eigenvalue weighted by Crippen LogP contribution is 2.30. The van der Waals surface area contributed by atoms with E-state index in [1.165, 1.54) is 116 Å². The number of aliphatic hydroxyl groups is 1. The first-order valence-electron chi connectivity index (χ1n) is 20.8. The van der Waals surface area contributed by atoms with Crippen molar-refractivity contribution in [2.24, 2.45) is 5.92 Å². The van der Waals surface area contributed by atoms with Crippen LogP contribution in [0.1, 0.15) is 207 Å². The summed E-state index contributed by atoms with van der Waals surface area (Å²) in [7, 11) is 0. The standard InChI is InChI=1S/C42H78O6/c1-4-6-25-31-39-40(48-39)32-27-22-18-15-16-20-24-29-34-42(45)47-38(35-43)36-46-41(44)33-28-23-19-14-12-10-8-7-9-11-13-17-21-26-30-37(3)5-2/h22,27,37-40,43H,4-21,23-26,28-36H2,1-3H3/b27-22-/t37?,38-,39?,40?/m0/s1. The zero-order valence-electron chi connectivity index (χ0n) is 31.9. The molecule has 1 saturated heterocycles. The number of carbonyl (C=O) groups is 2. The third kappa shape index (κ3) is 28.4. The molecule has 0 spiro atoms. The minimum atomic E-state index is -0.777. The Hall–Kier alpha value is -1.40. The Balaban J connectivity index is 1.85. The van der Waals surface area contributed by atoms with Gasteiger partial charge in [0.05, 0.1) is 18.8 Å². The SMILES string of the molecule is CCCCCC1OC1C/C=C\CCCCCCCC(=O)O[C@@H](CO)COC(=O)CCCCCCCCCCCCCCCCC(C)CC. The van der Waals surface area contributed by atoms with Crippen LogP contribution in [0.3, 0.4) is 0 Å². The monoisotopic (exact) mass is 679 g/mol. The van der Waals surface area contributed by atoms with Crippen LogP contribution in [0.25, 0.3) is 0 Å². The van der Waals surface area contributed by atoms with E-state index in [1.807, 2.05) is 0 Å². The number of esters is 2. The summed E-state index contributed by atoms with van der Waals surface area (Å²) < 4.78 is 16.4. The maximum Gasteiger partial charge on any atom is 0.306 e. The number of unbranched alkanes of at least 4 members (excludes halogenated alkanes) is 20. The molecule has 0 bridgehead atoms. The molecule has 1 fully saturated rings. The third-order valence-electron chi connectivity index (χ3n) is 10.0. The molecule has 0 amide bonds. The van der Waals surface area contributed by atoms with E-state index in [9.17, 15) is 14.7 Å². The van der Waals surface area contributed by atoms with Gasteiger partial charge in [0.15, 0.2) is 6.10 Å². The molecular weight excluding hydrogens is 600 g/mol. The summed E-state index contributed by atoms with van der Waals surface area (Å²) >= 11 is 0. The first kappa shape index (κ1) is 44.6. The van der Waals surface area contributed by atoms with Crippen molar-refractivity contribution >= 4 is 11.9 Å². The van der Waals surface area contributed by atoms with Gasteiger partial charge in [0.25, 0.3) is 0 Å². The fourth-order valence-corrected chi connectivity index (χ4v) is 6.36. The maximum atomic E-state index is 12.2. The zero-order chi connectivity index (χ0) is 34.9. The van der Waals surface area contributed by atoms with Crippen molar-refractivity contribution in [3.63, 3.8) is 0 Å². The van der Waals surface area contributed by atoms with E-state index in [1.54, 1.807) is 0 Å². The Morgan fingerprint density at radius 2 is 1.21 bits per heavy atom. The molecule has 48 heavy (non-hydrogen) atoms. The summed E-state index contributed by atoms with van der Waals surface area (Å²) in [4.78, 5) is 24.3. The quantitative estimate of drug-likeness (QED) is 0.0307. The third-order valence-corrected chi connectivity index (χ3v) is 10.0. The van der Waals surface area contributed by atoms with E-state index < -0.39 is 6.10 Å². The van der Waals surface area contributed by atoms with Gasteiger partial charge in [-0.15, -0.1) is 0 Å². The molecule has 0 radical (unpaired) electrons. The van der Waals surface area contributed by atoms with Crippen LogP contribution >= 0.6 is 0 Å². The first-order chi connectivity index (χ1) is 23.5. The van der Waals surface area contributed by atoms with Crippen molar-refractivity contribution in [3.8, 4) is 0 Å². The normalized spacial score (nSPS) is 17.1. The highest BCUT2D eigenvalue weighted by molar-refractivity contribution is 5.70. The van der Waals surface area contributed by atoms with Gasteiger partial charge in [-0.1, -0.05) is 168 Å². The molecule has 3 unspecified atom stereocenters. The summed E-state index contributed by atoms with van der Waals surface area (Å²) in [5.74, 6) is 0.297. The molecule has 0 saturated carbocycles. The minimum Gasteiger partial charge on any atom is -0.462 e. The van der Waals surface area contributed by atoms with Gasteiger partial charge in [0.2, 0.25) is 0 Å². The van der Waals surface area contributed by atoms with E-state index in [2.05, 4.69) is 32.9 Å². The van der Waals surface area contributed by atoms with Crippen LogP contribution in [0.15, 0.2) is 12.2 Å². The van der Waals surface area contributed by atoms with Crippen LogP contribution in [0.2, 0.25) is 0 Å². The average molecular weight is 679 g/mol. The Kier molecular flexibility index (Phi) is 30.5. The van der Waals surface area contributed by atoms with Crippen LogP contribution in [-0.4, -0.2) is 48.6 Å². The molecule has 4 atom stereocenters. The minimum absolute atomic E-state index is 0.0702. The van der Waals surface area contributed by atoms with Crippen molar-refractivity contribution in [1.82, 2.24) is 0 Å². The number of allylic oxidation sites excluding steroid dienone is 1. The lowest BCUT2D eigenvalue weighted by atomic mass is 9.99. The number of aliphatic hydroxyl groups excluding tert-OH is 1. The molecule has 0 aromatic heterocycles. The van der Waals surface area contributed by atoms with Crippen molar-refractivity contribution in [3.05, 3.63) is 12.2 Å². The fourth-order valence-electron chi connectivity index (χ4n) is 6.36. The summed E-state index contributed by atoms with van der Waals surface area (Å²) in [6.45, 7) is 6.50. The average Bonchev–Trinajstić information content (AvgIpc) is 3.84. The van der Waals surface area contributed by atoms with E-state index >= 15 is 0 Å². The number of carbonyl (C=O) groups excluding carboxylic acids is 2. The number of hydrogen-bond donors (Lipinski definition) is 1. The van der Waals surface area contributed by atoms with Crippen molar-refractivity contribution in [2.75, 3.05) is 13.2 Å². The van der Waals surface area contributed by atoms with Gasteiger partial charge in [-0.2, -0.15) is 0 Å². The highest BCUT2D eigenvalue weighted by atomic mass is 16.6. The predicted octanol–water partition coefficient (Wildman–Crippen LogP) is 11.7. The van der Waals surface area contributed by atoms with E-state index in [0.717, 1.165) is 63.7 Å².